The van der Waals surface area contributed by atoms with Crippen LogP contribution in [0.3, 0.4) is 0 Å². The van der Waals surface area contributed by atoms with E-state index in [4.69, 9.17) is 9.47 Å². The van der Waals surface area contributed by atoms with Crippen molar-refractivity contribution in [1.29, 1.82) is 0 Å². The van der Waals surface area contributed by atoms with Gasteiger partial charge in [0.05, 0.1) is 12.2 Å². The fraction of sp³-hybridized carbons (Fsp3) is 0.733. The Balaban J connectivity index is 1.77. The second kappa shape index (κ2) is 3.48. The third-order valence-electron chi connectivity index (χ3n) is 5.77. The smallest absolute Gasteiger partial charge is 0.334 e. The number of ether oxygens (including phenoxy) is 2. The van der Waals surface area contributed by atoms with Crippen LogP contribution in [0.2, 0.25) is 0 Å². The highest BCUT2D eigenvalue weighted by Crippen LogP contribution is 2.58. The lowest BCUT2D eigenvalue weighted by Crippen LogP contribution is -2.35. The van der Waals surface area contributed by atoms with Gasteiger partial charge in [-0.1, -0.05) is 13.5 Å². The summed E-state index contributed by atoms with van der Waals surface area (Å²) < 4.78 is 11.3. The molecule has 2 heterocycles. The highest BCUT2D eigenvalue weighted by Gasteiger charge is 2.65. The Labute approximate surface area is 112 Å². The SMILES string of the molecule is C=C1C(=O)O[C@@H]2C3C(CC(=O)[C@H]3C)C3(CC[C@@H]12)CO3. The number of Topliss-reactive ketones (excluding diaryl/α,β-unsaturated/α-hetero) is 1. The molecule has 0 amide bonds. The standard InChI is InChI=1S/C15H18O4/c1-7-9-3-4-15(6-18-15)10-5-11(16)8(2)12(10)13(9)19-14(7)17/h8-10,12-13H,1,3-6H2,2H3/t8-,9+,10?,12?,13+,15?/m1/s1. The van der Waals surface area contributed by atoms with Gasteiger partial charge in [-0.25, -0.2) is 4.79 Å². The van der Waals surface area contributed by atoms with Crippen LogP contribution in [-0.4, -0.2) is 30.1 Å². The normalized spacial score (nSPS) is 51.8. The Hall–Kier alpha value is -1.16. The van der Waals surface area contributed by atoms with Gasteiger partial charge in [-0.05, 0) is 12.8 Å². The van der Waals surface area contributed by atoms with Crippen molar-refractivity contribution in [3.63, 3.8) is 0 Å². The molecular weight excluding hydrogens is 244 g/mol. The van der Waals surface area contributed by atoms with Gasteiger partial charge in [0.15, 0.2) is 0 Å². The molecule has 2 aliphatic carbocycles. The van der Waals surface area contributed by atoms with Crippen LogP contribution in [0, 0.1) is 23.7 Å². The first-order chi connectivity index (χ1) is 9.03. The third kappa shape index (κ3) is 1.38. The Kier molecular flexibility index (Phi) is 2.13. The van der Waals surface area contributed by atoms with Crippen molar-refractivity contribution in [2.75, 3.05) is 6.61 Å². The van der Waals surface area contributed by atoms with Crippen molar-refractivity contribution in [2.45, 2.75) is 37.9 Å². The number of carbonyl (C=O) groups excluding carboxylic acids is 2. The summed E-state index contributed by atoms with van der Waals surface area (Å²) in [5.41, 5.74) is 0.482. The van der Waals surface area contributed by atoms with Crippen molar-refractivity contribution in [2.24, 2.45) is 23.7 Å². The average molecular weight is 262 g/mol. The maximum absolute atomic E-state index is 12.1. The van der Waals surface area contributed by atoms with Crippen LogP contribution in [0.1, 0.15) is 26.2 Å². The van der Waals surface area contributed by atoms with Crippen molar-refractivity contribution >= 4 is 11.8 Å². The third-order valence-corrected chi connectivity index (χ3v) is 5.77. The molecular formula is C15H18O4. The van der Waals surface area contributed by atoms with Crippen molar-refractivity contribution in [3.05, 3.63) is 12.2 Å². The average Bonchev–Trinajstić information content (AvgIpc) is 3.06. The van der Waals surface area contributed by atoms with Gasteiger partial charge in [-0.3, -0.25) is 4.79 Å². The molecule has 0 aromatic carbocycles. The second-order valence-corrected chi connectivity index (χ2v) is 6.54. The topological polar surface area (TPSA) is 55.9 Å². The Morgan fingerprint density at radius 2 is 2.11 bits per heavy atom. The van der Waals surface area contributed by atoms with Crippen LogP contribution in [0.15, 0.2) is 12.2 Å². The van der Waals surface area contributed by atoms with Crippen molar-refractivity contribution in [1.82, 2.24) is 0 Å². The lowest BCUT2D eigenvalue weighted by atomic mass is 9.77. The predicted molar refractivity (Wildman–Crippen MR) is 66.2 cm³/mol. The predicted octanol–water partition coefficient (Wildman–Crippen LogP) is 1.49. The number of rotatable bonds is 0. The molecule has 4 fully saturated rings. The molecule has 0 radical (unpaired) electrons. The molecule has 0 aromatic rings. The summed E-state index contributed by atoms with van der Waals surface area (Å²) in [6.45, 7) is 6.62. The van der Waals surface area contributed by atoms with Crippen molar-refractivity contribution in [3.8, 4) is 0 Å². The van der Waals surface area contributed by atoms with Crippen LogP contribution >= 0.6 is 0 Å². The molecule has 19 heavy (non-hydrogen) atoms. The van der Waals surface area contributed by atoms with E-state index in [1.165, 1.54) is 0 Å². The first-order valence-corrected chi connectivity index (χ1v) is 7.10. The number of epoxide rings is 1. The van der Waals surface area contributed by atoms with Crippen LogP contribution in [-0.2, 0) is 19.1 Å². The molecule has 0 N–H and O–H groups in total. The van der Waals surface area contributed by atoms with Gasteiger partial charge in [0, 0.05) is 35.7 Å². The first-order valence-electron chi connectivity index (χ1n) is 7.10. The summed E-state index contributed by atoms with van der Waals surface area (Å²) in [5, 5.41) is 0. The minimum Gasteiger partial charge on any atom is -0.458 e. The molecule has 0 bridgehead atoms. The monoisotopic (exact) mass is 262 g/mol. The van der Waals surface area contributed by atoms with E-state index in [2.05, 4.69) is 6.58 Å². The van der Waals surface area contributed by atoms with E-state index in [9.17, 15) is 9.59 Å². The summed E-state index contributed by atoms with van der Waals surface area (Å²) in [6, 6.07) is 0. The summed E-state index contributed by atoms with van der Waals surface area (Å²) in [7, 11) is 0. The molecule has 4 nitrogen and oxygen atoms in total. The van der Waals surface area contributed by atoms with Crippen LogP contribution < -0.4 is 0 Å². The summed E-state index contributed by atoms with van der Waals surface area (Å²) >= 11 is 0. The van der Waals surface area contributed by atoms with Gasteiger partial charge < -0.3 is 9.47 Å². The maximum Gasteiger partial charge on any atom is 0.334 e. The lowest BCUT2D eigenvalue weighted by Gasteiger charge is -2.28. The number of fused-ring (bicyclic) bond motifs is 4. The lowest BCUT2D eigenvalue weighted by molar-refractivity contribution is -0.143. The van der Waals surface area contributed by atoms with Crippen LogP contribution in [0.25, 0.3) is 0 Å². The van der Waals surface area contributed by atoms with E-state index < -0.39 is 0 Å². The summed E-state index contributed by atoms with van der Waals surface area (Å²) in [6.07, 6.45) is 2.24. The van der Waals surface area contributed by atoms with Gasteiger partial charge in [0.1, 0.15) is 11.9 Å². The fourth-order valence-corrected chi connectivity index (χ4v) is 4.50. The van der Waals surface area contributed by atoms with Gasteiger partial charge in [-0.15, -0.1) is 0 Å². The number of esters is 1. The molecule has 2 aliphatic heterocycles. The Morgan fingerprint density at radius 3 is 2.79 bits per heavy atom. The van der Waals surface area contributed by atoms with Crippen LogP contribution in [0.4, 0.5) is 0 Å². The van der Waals surface area contributed by atoms with Crippen molar-refractivity contribution < 1.29 is 19.1 Å². The zero-order chi connectivity index (χ0) is 13.4. The quantitative estimate of drug-likeness (QED) is 0.377. The fourth-order valence-electron chi connectivity index (χ4n) is 4.50. The zero-order valence-electron chi connectivity index (χ0n) is 11.1. The molecule has 1 spiro atoms. The maximum atomic E-state index is 12.1. The second-order valence-electron chi connectivity index (χ2n) is 6.54. The highest BCUT2D eigenvalue weighted by molar-refractivity contribution is 5.91. The molecule has 6 atom stereocenters. The van der Waals surface area contributed by atoms with Gasteiger partial charge in [-0.2, -0.15) is 0 Å². The number of hydrogen-bond donors (Lipinski definition) is 0. The highest BCUT2D eigenvalue weighted by atomic mass is 16.6. The van der Waals surface area contributed by atoms with E-state index in [0.29, 0.717) is 17.8 Å². The van der Waals surface area contributed by atoms with E-state index in [0.717, 1.165) is 19.4 Å². The molecule has 4 heteroatoms. The Bertz CT molecular complexity index is 490. The summed E-state index contributed by atoms with van der Waals surface area (Å²) in [5.74, 6) is 0.411. The van der Waals surface area contributed by atoms with E-state index in [1.54, 1.807) is 0 Å². The largest absolute Gasteiger partial charge is 0.458 e. The molecule has 4 rings (SSSR count). The molecule has 102 valence electrons. The Morgan fingerprint density at radius 1 is 1.37 bits per heavy atom. The minimum absolute atomic E-state index is 0.0321. The van der Waals surface area contributed by atoms with E-state index >= 15 is 0 Å². The zero-order valence-corrected chi connectivity index (χ0v) is 11.1. The molecule has 2 saturated carbocycles. The minimum atomic E-state index is -0.270. The molecule has 2 saturated heterocycles. The van der Waals surface area contributed by atoms with E-state index in [1.807, 2.05) is 6.92 Å². The number of hydrogen-bond acceptors (Lipinski definition) is 4. The number of carbonyl (C=O) groups is 2. The first kappa shape index (κ1) is 11.6. The summed E-state index contributed by atoms with van der Waals surface area (Å²) in [4.78, 5) is 23.9. The number of ketones is 1. The molecule has 0 aromatic heterocycles. The van der Waals surface area contributed by atoms with E-state index in [-0.39, 0.29) is 41.3 Å². The van der Waals surface area contributed by atoms with Gasteiger partial charge >= 0.3 is 5.97 Å². The molecule has 4 aliphatic rings. The van der Waals surface area contributed by atoms with Crippen LogP contribution in [0.5, 0.6) is 0 Å². The van der Waals surface area contributed by atoms with Gasteiger partial charge in [0.25, 0.3) is 0 Å². The van der Waals surface area contributed by atoms with Gasteiger partial charge in [0.2, 0.25) is 0 Å². The molecule has 3 unspecified atom stereocenters.